The fourth-order valence-corrected chi connectivity index (χ4v) is 2.34. The number of ether oxygens (including phenoxy) is 1. The first kappa shape index (κ1) is 18.9. The van der Waals surface area contributed by atoms with Gasteiger partial charge in [0, 0.05) is 25.8 Å². The van der Waals surface area contributed by atoms with Crippen molar-refractivity contribution >= 4 is 5.96 Å². The maximum absolute atomic E-state index is 13.7. The minimum absolute atomic E-state index is 0.230. The second kappa shape index (κ2) is 9.74. The van der Waals surface area contributed by atoms with Crippen molar-refractivity contribution in [3.8, 4) is 0 Å². The third-order valence-electron chi connectivity index (χ3n) is 3.52. The molecule has 0 bridgehead atoms. The van der Waals surface area contributed by atoms with E-state index in [1.165, 1.54) is 25.3 Å². The van der Waals surface area contributed by atoms with E-state index in [1.54, 1.807) is 18.2 Å². The molecule has 0 aromatic heterocycles. The Balaban J connectivity index is 2.01. The van der Waals surface area contributed by atoms with Crippen LogP contribution in [-0.2, 0) is 24.4 Å². The number of aliphatic imine (C=N–C) groups is 1. The van der Waals surface area contributed by atoms with Crippen LogP contribution in [0.1, 0.15) is 23.6 Å². The van der Waals surface area contributed by atoms with Crippen LogP contribution < -0.4 is 10.6 Å². The molecule has 0 aliphatic rings. The number of hydrogen-bond acceptors (Lipinski definition) is 2. The highest BCUT2D eigenvalue weighted by molar-refractivity contribution is 5.79. The lowest BCUT2D eigenvalue weighted by molar-refractivity contribution is 0.181. The fourth-order valence-electron chi connectivity index (χ4n) is 2.34. The third-order valence-corrected chi connectivity index (χ3v) is 3.52. The summed E-state index contributed by atoms with van der Waals surface area (Å²) < 4.78 is 31.9. The maximum Gasteiger partial charge on any atom is 0.191 e. The van der Waals surface area contributed by atoms with Gasteiger partial charge in [0.05, 0.1) is 13.2 Å². The van der Waals surface area contributed by atoms with Gasteiger partial charge in [0.25, 0.3) is 0 Å². The zero-order valence-electron chi connectivity index (χ0n) is 14.5. The van der Waals surface area contributed by atoms with Gasteiger partial charge in [-0.3, -0.25) is 0 Å². The van der Waals surface area contributed by atoms with E-state index < -0.39 is 0 Å². The largest absolute Gasteiger partial charge is 0.380 e. The standard InChI is InChI=1S/C19H23F2N3O/c1-3-22-19(23-11-14-5-4-6-17(20)10-14)24-12-15-7-8-18(21)16(9-15)13-25-2/h4-10H,3,11-13H2,1-2H3,(H2,22,23,24). The number of rotatable bonds is 7. The Labute approximate surface area is 146 Å². The summed E-state index contributed by atoms with van der Waals surface area (Å²) in [5.41, 5.74) is 2.23. The Hall–Kier alpha value is -2.47. The second-order valence-electron chi connectivity index (χ2n) is 5.54. The molecule has 134 valence electrons. The first-order chi connectivity index (χ1) is 12.1. The van der Waals surface area contributed by atoms with Crippen LogP contribution in [0.15, 0.2) is 47.5 Å². The average Bonchev–Trinajstić information content (AvgIpc) is 2.60. The van der Waals surface area contributed by atoms with Gasteiger partial charge in [0.2, 0.25) is 0 Å². The Kier molecular flexibility index (Phi) is 7.35. The number of halogens is 2. The van der Waals surface area contributed by atoms with Gasteiger partial charge >= 0.3 is 0 Å². The molecule has 2 aromatic carbocycles. The smallest absolute Gasteiger partial charge is 0.191 e. The van der Waals surface area contributed by atoms with Crippen molar-refractivity contribution in [3.63, 3.8) is 0 Å². The molecular weight excluding hydrogens is 324 g/mol. The normalized spacial score (nSPS) is 11.4. The van der Waals surface area contributed by atoms with E-state index in [2.05, 4.69) is 15.6 Å². The monoisotopic (exact) mass is 347 g/mol. The first-order valence-electron chi connectivity index (χ1n) is 8.15. The van der Waals surface area contributed by atoms with E-state index in [0.29, 0.717) is 31.2 Å². The highest BCUT2D eigenvalue weighted by atomic mass is 19.1. The van der Waals surface area contributed by atoms with Gasteiger partial charge in [-0.15, -0.1) is 0 Å². The van der Waals surface area contributed by atoms with E-state index >= 15 is 0 Å². The van der Waals surface area contributed by atoms with Crippen LogP contribution in [0.25, 0.3) is 0 Å². The molecule has 0 spiro atoms. The quantitative estimate of drug-likeness (QED) is 0.596. The number of guanidine groups is 1. The summed E-state index contributed by atoms with van der Waals surface area (Å²) in [4.78, 5) is 4.45. The van der Waals surface area contributed by atoms with E-state index in [4.69, 9.17) is 4.74 Å². The molecule has 0 heterocycles. The summed E-state index contributed by atoms with van der Waals surface area (Å²) in [5.74, 6) is 0.0595. The lowest BCUT2D eigenvalue weighted by Gasteiger charge is -2.12. The van der Waals surface area contributed by atoms with Gasteiger partial charge in [0.15, 0.2) is 5.96 Å². The Morgan fingerprint density at radius 3 is 2.64 bits per heavy atom. The first-order valence-corrected chi connectivity index (χ1v) is 8.15. The molecule has 0 unspecified atom stereocenters. The van der Waals surface area contributed by atoms with Crippen molar-refractivity contribution in [1.29, 1.82) is 0 Å². The van der Waals surface area contributed by atoms with Gasteiger partial charge in [-0.25, -0.2) is 13.8 Å². The minimum Gasteiger partial charge on any atom is -0.380 e. The molecule has 6 heteroatoms. The highest BCUT2D eigenvalue weighted by Gasteiger charge is 2.05. The molecule has 0 fully saturated rings. The average molecular weight is 347 g/mol. The lowest BCUT2D eigenvalue weighted by Crippen LogP contribution is -2.36. The summed E-state index contributed by atoms with van der Waals surface area (Å²) >= 11 is 0. The van der Waals surface area contributed by atoms with Crippen molar-refractivity contribution in [2.75, 3.05) is 13.7 Å². The summed E-state index contributed by atoms with van der Waals surface area (Å²) in [5, 5.41) is 6.33. The SMILES string of the molecule is CCNC(=NCc1cccc(F)c1)NCc1ccc(F)c(COC)c1. The molecule has 2 aromatic rings. The number of hydrogen-bond donors (Lipinski definition) is 2. The van der Waals surface area contributed by atoms with Crippen LogP contribution in [0.5, 0.6) is 0 Å². The molecule has 0 radical (unpaired) electrons. The van der Waals surface area contributed by atoms with Gasteiger partial charge in [-0.1, -0.05) is 18.2 Å². The molecule has 0 atom stereocenters. The number of nitrogens with zero attached hydrogens (tertiary/aromatic N) is 1. The predicted molar refractivity (Wildman–Crippen MR) is 95.2 cm³/mol. The van der Waals surface area contributed by atoms with Crippen molar-refractivity contribution in [3.05, 3.63) is 70.8 Å². The van der Waals surface area contributed by atoms with Crippen LogP contribution in [0, 0.1) is 11.6 Å². The maximum atomic E-state index is 13.7. The van der Waals surface area contributed by atoms with Crippen molar-refractivity contribution in [2.24, 2.45) is 4.99 Å². The van der Waals surface area contributed by atoms with Crippen LogP contribution in [0.3, 0.4) is 0 Å². The van der Waals surface area contributed by atoms with Crippen LogP contribution in [0.2, 0.25) is 0 Å². The topological polar surface area (TPSA) is 45.7 Å². The Morgan fingerprint density at radius 2 is 1.92 bits per heavy atom. The fraction of sp³-hybridized carbons (Fsp3) is 0.316. The zero-order chi connectivity index (χ0) is 18.1. The number of methoxy groups -OCH3 is 1. The van der Waals surface area contributed by atoms with Crippen molar-refractivity contribution < 1.29 is 13.5 Å². The molecule has 4 nitrogen and oxygen atoms in total. The molecule has 2 N–H and O–H groups in total. The molecular formula is C19H23F2N3O. The molecule has 0 saturated heterocycles. The van der Waals surface area contributed by atoms with E-state index in [-0.39, 0.29) is 18.2 Å². The van der Waals surface area contributed by atoms with Crippen molar-refractivity contribution in [2.45, 2.75) is 26.6 Å². The van der Waals surface area contributed by atoms with Crippen LogP contribution >= 0.6 is 0 Å². The molecule has 25 heavy (non-hydrogen) atoms. The number of nitrogens with one attached hydrogen (secondary N) is 2. The Morgan fingerprint density at radius 1 is 1.08 bits per heavy atom. The van der Waals surface area contributed by atoms with Crippen molar-refractivity contribution in [1.82, 2.24) is 10.6 Å². The highest BCUT2D eigenvalue weighted by Crippen LogP contribution is 2.11. The van der Waals surface area contributed by atoms with Gasteiger partial charge in [-0.05, 0) is 42.3 Å². The molecule has 0 saturated carbocycles. The van der Waals surface area contributed by atoms with Crippen LogP contribution in [-0.4, -0.2) is 19.6 Å². The summed E-state index contributed by atoms with van der Waals surface area (Å²) in [6.07, 6.45) is 0. The molecule has 0 aliphatic carbocycles. The van der Waals surface area contributed by atoms with Gasteiger partial charge < -0.3 is 15.4 Å². The zero-order valence-corrected chi connectivity index (χ0v) is 14.5. The summed E-state index contributed by atoms with van der Waals surface area (Å²) in [6.45, 7) is 3.76. The van der Waals surface area contributed by atoms with E-state index in [0.717, 1.165) is 11.1 Å². The molecule has 0 amide bonds. The Bertz CT molecular complexity index is 720. The van der Waals surface area contributed by atoms with Crippen LogP contribution in [0.4, 0.5) is 8.78 Å². The van der Waals surface area contributed by atoms with Gasteiger partial charge in [0.1, 0.15) is 11.6 Å². The molecule has 2 rings (SSSR count). The summed E-state index contributed by atoms with van der Waals surface area (Å²) in [6, 6.07) is 11.3. The third kappa shape index (κ3) is 6.15. The van der Waals surface area contributed by atoms with E-state index in [1.807, 2.05) is 13.0 Å². The summed E-state index contributed by atoms with van der Waals surface area (Å²) in [7, 11) is 1.53. The lowest BCUT2D eigenvalue weighted by atomic mass is 10.1. The van der Waals surface area contributed by atoms with E-state index in [9.17, 15) is 8.78 Å². The van der Waals surface area contributed by atoms with Gasteiger partial charge in [-0.2, -0.15) is 0 Å². The predicted octanol–water partition coefficient (Wildman–Crippen LogP) is 3.37. The molecule has 0 aliphatic heterocycles. The minimum atomic E-state index is -0.280. The number of benzene rings is 2. The second-order valence-corrected chi connectivity index (χ2v) is 5.54.